The molecule has 308 valence electrons. The first-order valence-corrected chi connectivity index (χ1v) is 20.1. The van der Waals surface area contributed by atoms with E-state index < -0.39 is 0 Å². The molecule has 7 aliphatic rings. The average Bonchev–Trinajstić information content (AvgIpc) is 3.30. The van der Waals surface area contributed by atoms with Gasteiger partial charge in [0.1, 0.15) is 49.4 Å². The van der Waals surface area contributed by atoms with Gasteiger partial charge in [-0.2, -0.15) is 0 Å². The Hall–Kier alpha value is -6.30. The number of aldehydes is 2. The summed E-state index contributed by atoms with van der Waals surface area (Å²) >= 11 is 0. The summed E-state index contributed by atoms with van der Waals surface area (Å²) in [5, 5.41) is 0. The molecule has 0 spiro atoms. The van der Waals surface area contributed by atoms with Gasteiger partial charge in [0.25, 0.3) is 0 Å². The first-order valence-electron chi connectivity index (χ1n) is 20.1. The van der Waals surface area contributed by atoms with Crippen molar-refractivity contribution < 1.29 is 47.5 Å². The van der Waals surface area contributed by atoms with Gasteiger partial charge in [-0.05, 0) is 93.0 Å². The summed E-state index contributed by atoms with van der Waals surface area (Å²) in [6, 6.07) is 42.5. The van der Waals surface area contributed by atoms with Crippen molar-refractivity contribution in [3.8, 4) is 67.5 Å². The predicted molar refractivity (Wildman–Crippen MR) is 231 cm³/mol. The van der Waals surface area contributed by atoms with E-state index in [0.29, 0.717) is 113 Å². The van der Waals surface area contributed by atoms with Crippen LogP contribution in [0.3, 0.4) is 0 Å². The molecular weight excluding hydrogens is 761 g/mol. The predicted octanol–water partition coefficient (Wildman–Crippen LogP) is 9.28. The smallest absolute Gasteiger partial charge is 0.151 e. The molecule has 0 aromatic heterocycles. The fourth-order valence-corrected chi connectivity index (χ4v) is 6.83. The molecule has 0 fully saturated rings. The van der Waals surface area contributed by atoms with Gasteiger partial charge in [-0.15, -0.1) is 0 Å². The van der Waals surface area contributed by atoms with E-state index in [-0.39, 0.29) is 0 Å². The first-order chi connectivity index (χ1) is 29.7. The lowest BCUT2D eigenvalue weighted by Crippen LogP contribution is -2.13. The molecule has 0 saturated heterocycles. The van der Waals surface area contributed by atoms with Gasteiger partial charge >= 0.3 is 0 Å². The second kappa shape index (κ2) is 22.2. The van der Waals surface area contributed by atoms with E-state index in [4.69, 9.17) is 37.9 Å². The molecule has 7 heterocycles. The monoisotopic (exact) mass is 808 g/mol. The average molecular weight is 809 g/mol. The summed E-state index contributed by atoms with van der Waals surface area (Å²) in [5.41, 5.74) is 8.21. The summed E-state index contributed by atoms with van der Waals surface area (Å²) in [4.78, 5) is 24.8. The number of benzene rings is 6. The number of hydrogen-bond donors (Lipinski definition) is 0. The van der Waals surface area contributed by atoms with E-state index in [9.17, 15) is 9.59 Å². The topological polar surface area (TPSA) is 108 Å². The zero-order valence-electron chi connectivity index (χ0n) is 33.4. The van der Waals surface area contributed by atoms with Crippen molar-refractivity contribution in [2.24, 2.45) is 0 Å². The van der Waals surface area contributed by atoms with Crippen LogP contribution in [0.5, 0.6) is 23.0 Å². The number of hydrogen-bond acceptors (Lipinski definition) is 10. The lowest BCUT2D eigenvalue weighted by atomic mass is 9.92. The van der Waals surface area contributed by atoms with E-state index in [2.05, 4.69) is 0 Å². The van der Waals surface area contributed by atoms with Gasteiger partial charge < -0.3 is 37.9 Å². The maximum atomic E-state index is 12.4. The first kappa shape index (κ1) is 41.8. The molecule has 0 saturated carbocycles. The van der Waals surface area contributed by atoms with Crippen molar-refractivity contribution in [2.75, 3.05) is 79.3 Å². The van der Waals surface area contributed by atoms with Crippen LogP contribution in [0.2, 0.25) is 0 Å². The molecule has 0 unspecified atom stereocenters. The fourth-order valence-electron chi connectivity index (χ4n) is 6.83. The molecule has 13 rings (SSSR count). The van der Waals surface area contributed by atoms with Crippen LogP contribution >= 0.6 is 0 Å². The summed E-state index contributed by atoms with van der Waals surface area (Å²) in [6.45, 7) is 4.90. The summed E-state index contributed by atoms with van der Waals surface area (Å²) in [5.74, 6) is 2.83. The van der Waals surface area contributed by atoms with Crippen molar-refractivity contribution in [3.05, 3.63) is 145 Å². The lowest BCUT2D eigenvalue weighted by molar-refractivity contribution is 0.0273. The van der Waals surface area contributed by atoms with Crippen LogP contribution in [0.1, 0.15) is 20.7 Å². The summed E-state index contributed by atoms with van der Waals surface area (Å²) in [6.07, 6.45) is 1.81. The van der Waals surface area contributed by atoms with Crippen molar-refractivity contribution >= 4 is 12.6 Å². The highest BCUT2D eigenvalue weighted by Gasteiger charge is 2.14. The van der Waals surface area contributed by atoms with Gasteiger partial charge in [0, 0.05) is 11.1 Å². The normalized spacial score (nSPS) is 14.9. The van der Waals surface area contributed by atoms with Gasteiger partial charge in [-0.25, -0.2) is 0 Å². The van der Waals surface area contributed by atoms with Crippen LogP contribution in [0, 0.1) is 0 Å². The Balaban J connectivity index is 0.963. The Morgan fingerprint density at radius 3 is 0.717 bits per heavy atom. The molecule has 0 amide bonds. The third-order valence-electron chi connectivity index (χ3n) is 9.84. The van der Waals surface area contributed by atoms with Crippen molar-refractivity contribution in [1.82, 2.24) is 0 Å². The van der Waals surface area contributed by atoms with Gasteiger partial charge in [-0.1, -0.05) is 84.9 Å². The van der Waals surface area contributed by atoms with Crippen molar-refractivity contribution in [1.29, 1.82) is 0 Å². The Kier molecular flexibility index (Phi) is 15.5. The van der Waals surface area contributed by atoms with Crippen LogP contribution in [0.15, 0.2) is 133 Å². The SMILES string of the molecule is O=Cc1c2cccc1-c1ccc(cc1)OCCOCCOCCOc1ccc(cc1)-c1cccc(c1C=O)-c1ccc(cc1)OCCOCCOCCOc1ccc-2cc1. The molecule has 10 heteroatoms. The molecule has 7 aliphatic heterocycles. The maximum absolute atomic E-state index is 12.4. The minimum Gasteiger partial charge on any atom is -0.491 e. The molecule has 0 N–H and O–H groups in total. The number of carbonyl (C=O) groups excluding carboxylic acids is 2. The largest absolute Gasteiger partial charge is 0.491 e. The highest BCUT2D eigenvalue weighted by molar-refractivity contribution is 5.97. The highest BCUT2D eigenvalue weighted by atomic mass is 16.6. The molecular formula is C50H48O10. The van der Waals surface area contributed by atoms with E-state index in [1.165, 1.54) is 0 Å². The Bertz CT molecular complexity index is 1940. The molecule has 0 atom stereocenters. The molecule has 0 radical (unpaired) electrons. The quantitative estimate of drug-likeness (QED) is 0.157. The number of rotatable bonds is 2. The van der Waals surface area contributed by atoms with E-state index in [1.54, 1.807) is 0 Å². The zero-order valence-corrected chi connectivity index (χ0v) is 33.4. The number of ether oxygens (including phenoxy) is 8. The Morgan fingerprint density at radius 2 is 0.500 bits per heavy atom. The third kappa shape index (κ3) is 11.5. The third-order valence-corrected chi connectivity index (χ3v) is 9.84. The molecule has 10 nitrogen and oxygen atoms in total. The summed E-state index contributed by atoms with van der Waals surface area (Å²) < 4.78 is 46.3. The van der Waals surface area contributed by atoms with Crippen LogP contribution in [-0.2, 0) is 18.9 Å². The van der Waals surface area contributed by atoms with Crippen LogP contribution in [-0.4, -0.2) is 91.9 Å². The van der Waals surface area contributed by atoms with Gasteiger partial charge in [0.15, 0.2) is 12.6 Å². The maximum Gasteiger partial charge on any atom is 0.151 e. The minimum absolute atomic E-state index is 0.385. The van der Waals surface area contributed by atoms with Crippen LogP contribution in [0.25, 0.3) is 44.5 Å². The van der Waals surface area contributed by atoms with Gasteiger partial charge in [0.2, 0.25) is 0 Å². The van der Waals surface area contributed by atoms with Gasteiger partial charge in [-0.3, -0.25) is 9.59 Å². The second-order valence-electron chi connectivity index (χ2n) is 13.7. The molecule has 6 aromatic rings. The van der Waals surface area contributed by atoms with Crippen LogP contribution < -0.4 is 18.9 Å². The van der Waals surface area contributed by atoms with Crippen molar-refractivity contribution in [2.45, 2.75) is 0 Å². The molecule has 6 aromatic carbocycles. The summed E-state index contributed by atoms with van der Waals surface area (Å²) in [7, 11) is 0. The standard InChI is InChI=1S/C50H48O10/c51-35-49-45-3-1-4-46(49)38-9-17-42(18-10-38)58-32-28-54-24-26-56-30-34-60-44-21-13-40(14-22-44)48-6-2-5-47(50(48)36-52)39-11-19-43(20-12-39)59-33-29-55-25-23-53-27-31-57-41-15-7-37(45)8-16-41/h1-22,35-36H,23-34H2. The molecule has 12 bridgehead atoms. The molecule has 0 aliphatic carbocycles. The van der Waals surface area contributed by atoms with Crippen LogP contribution in [0.4, 0.5) is 0 Å². The Labute approximate surface area is 350 Å². The van der Waals surface area contributed by atoms with Crippen molar-refractivity contribution in [3.63, 3.8) is 0 Å². The van der Waals surface area contributed by atoms with E-state index in [0.717, 1.165) is 57.1 Å². The lowest BCUT2D eigenvalue weighted by Gasteiger charge is -2.13. The fraction of sp³-hybridized carbons (Fsp3) is 0.240. The molecule has 60 heavy (non-hydrogen) atoms. The highest BCUT2D eigenvalue weighted by Crippen LogP contribution is 2.34. The minimum atomic E-state index is 0.385. The second-order valence-corrected chi connectivity index (χ2v) is 13.7. The van der Waals surface area contributed by atoms with E-state index >= 15 is 0 Å². The Morgan fingerprint density at radius 1 is 0.283 bits per heavy atom. The van der Waals surface area contributed by atoms with Gasteiger partial charge in [0.05, 0.1) is 52.9 Å². The number of carbonyl (C=O) groups is 2. The van der Waals surface area contributed by atoms with E-state index in [1.807, 2.05) is 133 Å². The zero-order chi connectivity index (χ0) is 41.2.